The van der Waals surface area contributed by atoms with Gasteiger partial charge in [0.25, 0.3) is 5.69 Å². The first-order chi connectivity index (χ1) is 10.5. The summed E-state index contributed by atoms with van der Waals surface area (Å²) < 4.78 is 0. The molecule has 0 aliphatic carbocycles. The molecule has 0 unspecified atom stereocenters. The van der Waals surface area contributed by atoms with Crippen LogP contribution in [0.5, 0.6) is 5.75 Å². The van der Waals surface area contributed by atoms with Crippen LogP contribution in [-0.4, -0.2) is 20.2 Å². The van der Waals surface area contributed by atoms with Crippen molar-refractivity contribution in [2.75, 3.05) is 5.32 Å². The third-order valence-electron chi connectivity index (χ3n) is 3.21. The molecule has 0 radical (unpaired) electrons. The maximum Gasteiger partial charge on any atom is 0.270 e. The normalized spacial score (nSPS) is 10.5. The van der Waals surface area contributed by atoms with E-state index >= 15 is 0 Å². The van der Waals surface area contributed by atoms with E-state index in [1.54, 1.807) is 30.3 Å². The molecule has 3 aromatic rings. The Bertz CT molecular complexity index is 868. The van der Waals surface area contributed by atoms with Gasteiger partial charge in [-0.2, -0.15) is 5.10 Å². The third kappa shape index (κ3) is 2.47. The number of aromatic amines is 1. The minimum absolute atomic E-state index is 0.00687. The fourth-order valence-corrected chi connectivity index (χ4v) is 2.12. The molecule has 0 fully saturated rings. The molecule has 22 heavy (non-hydrogen) atoms. The third-order valence-corrected chi connectivity index (χ3v) is 3.21. The number of rotatable bonds is 4. The van der Waals surface area contributed by atoms with Crippen molar-refractivity contribution in [3.8, 4) is 5.75 Å². The first kappa shape index (κ1) is 13.6. The number of nitro benzene ring substituents is 1. The second-order valence-electron chi connectivity index (χ2n) is 4.71. The van der Waals surface area contributed by atoms with Crippen LogP contribution in [0, 0.1) is 10.1 Å². The molecule has 110 valence electrons. The Labute approximate surface area is 125 Å². The van der Waals surface area contributed by atoms with Crippen molar-refractivity contribution >= 4 is 28.0 Å². The molecule has 0 saturated carbocycles. The number of benzene rings is 2. The Hall–Kier alpha value is -3.35. The summed E-state index contributed by atoms with van der Waals surface area (Å²) in [5, 5.41) is 30.8. The summed E-state index contributed by atoms with van der Waals surface area (Å²) in [5.74, 6) is 0.164. The molecule has 0 aliphatic heterocycles. The fourth-order valence-electron chi connectivity index (χ4n) is 2.12. The number of aromatic hydroxyl groups is 1. The number of H-pyrrole nitrogens is 1. The number of fused-ring (bicyclic) bond motifs is 1. The van der Waals surface area contributed by atoms with Gasteiger partial charge in [-0.25, -0.2) is 0 Å². The van der Waals surface area contributed by atoms with Crippen LogP contribution in [0.2, 0.25) is 0 Å². The van der Waals surface area contributed by atoms with E-state index in [1.165, 1.54) is 12.1 Å². The standard InChI is InChI=1S/C15H12N4O3/c1-9(16-10-2-5-12(20)6-3-10)15-13-8-11(19(21)22)4-7-14(13)17-18-15/h2-8,16,20H,1H2,(H,17,18). The van der Waals surface area contributed by atoms with Crippen molar-refractivity contribution in [3.63, 3.8) is 0 Å². The van der Waals surface area contributed by atoms with Gasteiger partial charge in [0.05, 0.1) is 16.1 Å². The largest absolute Gasteiger partial charge is 0.508 e. The van der Waals surface area contributed by atoms with Gasteiger partial charge in [0.1, 0.15) is 11.4 Å². The second kappa shape index (κ2) is 5.21. The molecule has 3 N–H and O–H groups in total. The smallest absolute Gasteiger partial charge is 0.270 e. The van der Waals surface area contributed by atoms with Gasteiger partial charge >= 0.3 is 0 Å². The van der Waals surface area contributed by atoms with Gasteiger partial charge in [0.2, 0.25) is 0 Å². The highest BCUT2D eigenvalue weighted by atomic mass is 16.6. The van der Waals surface area contributed by atoms with E-state index in [2.05, 4.69) is 22.1 Å². The van der Waals surface area contributed by atoms with Crippen LogP contribution in [0.1, 0.15) is 5.69 Å². The quantitative estimate of drug-likeness (QED) is 0.389. The molecular weight excluding hydrogens is 284 g/mol. The lowest BCUT2D eigenvalue weighted by Crippen LogP contribution is -1.98. The average molecular weight is 296 g/mol. The van der Waals surface area contributed by atoms with E-state index in [0.29, 0.717) is 22.3 Å². The highest BCUT2D eigenvalue weighted by Crippen LogP contribution is 2.27. The molecule has 1 aromatic heterocycles. The molecule has 0 spiro atoms. The zero-order valence-electron chi connectivity index (χ0n) is 11.4. The SMILES string of the molecule is C=C(Nc1ccc(O)cc1)c1n[nH]c2ccc([N+](=O)[O-])cc12. The van der Waals surface area contributed by atoms with E-state index in [1.807, 2.05) is 0 Å². The molecule has 1 heterocycles. The zero-order valence-corrected chi connectivity index (χ0v) is 11.4. The van der Waals surface area contributed by atoms with Gasteiger partial charge in [-0.1, -0.05) is 6.58 Å². The molecule has 0 saturated heterocycles. The molecule has 0 atom stereocenters. The fraction of sp³-hybridized carbons (Fsp3) is 0. The van der Waals surface area contributed by atoms with E-state index in [9.17, 15) is 15.2 Å². The summed E-state index contributed by atoms with van der Waals surface area (Å²) in [5.41, 5.74) is 2.41. The molecule has 0 amide bonds. The number of non-ortho nitro benzene ring substituents is 1. The van der Waals surface area contributed by atoms with Crippen LogP contribution < -0.4 is 5.32 Å². The van der Waals surface area contributed by atoms with E-state index in [-0.39, 0.29) is 11.4 Å². The molecule has 0 bridgehead atoms. The van der Waals surface area contributed by atoms with Crippen molar-refractivity contribution in [1.29, 1.82) is 0 Å². The van der Waals surface area contributed by atoms with Crippen molar-refractivity contribution < 1.29 is 10.0 Å². The predicted octanol–water partition coefficient (Wildman–Crippen LogP) is 3.26. The number of nitrogens with one attached hydrogen (secondary N) is 2. The molecule has 7 nitrogen and oxygen atoms in total. The summed E-state index contributed by atoms with van der Waals surface area (Å²) in [6, 6.07) is 11.0. The van der Waals surface area contributed by atoms with Gasteiger partial charge in [0.15, 0.2) is 0 Å². The predicted molar refractivity (Wildman–Crippen MR) is 83.5 cm³/mol. The van der Waals surface area contributed by atoms with Crippen molar-refractivity contribution in [2.24, 2.45) is 0 Å². The summed E-state index contributed by atoms with van der Waals surface area (Å²) in [6.07, 6.45) is 0. The summed E-state index contributed by atoms with van der Waals surface area (Å²) in [7, 11) is 0. The highest BCUT2D eigenvalue weighted by Gasteiger charge is 2.13. The van der Waals surface area contributed by atoms with Crippen molar-refractivity contribution in [3.05, 3.63) is 64.9 Å². The summed E-state index contributed by atoms with van der Waals surface area (Å²) in [4.78, 5) is 10.4. The number of aromatic nitrogens is 2. The maximum absolute atomic E-state index is 10.9. The van der Waals surface area contributed by atoms with Crippen LogP contribution >= 0.6 is 0 Å². The van der Waals surface area contributed by atoms with Gasteiger partial charge in [0, 0.05) is 23.2 Å². The van der Waals surface area contributed by atoms with Crippen LogP contribution in [0.3, 0.4) is 0 Å². The van der Waals surface area contributed by atoms with Gasteiger partial charge in [-0.3, -0.25) is 15.2 Å². The average Bonchev–Trinajstić information content (AvgIpc) is 2.92. The molecular formula is C15H12N4O3. The van der Waals surface area contributed by atoms with E-state index in [4.69, 9.17) is 0 Å². The number of anilines is 1. The van der Waals surface area contributed by atoms with E-state index < -0.39 is 4.92 Å². The Morgan fingerprint density at radius 3 is 2.68 bits per heavy atom. The first-order valence-electron chi connectivity index (χ1n) is 6.42. The van der Waals surface area contributed by atoms with Crippen LogP contribution in [0.4, 0.5) is 11.4 Å². The van der Waals surface area contributed by atoms with Gasteiger partial charge in [-0.15, -0.1) is 0 Å². The Kier molecular flexibility index (Phi) is 3.23. The summed E-state index contributed by atoms with van der Waals surface area (Å²) in [6.45, 7) is 3.91. The highest BCUT2D eigenvalue weighted by molar-refractivity contribution is 5.93. The first-order valence-corrected chi connectivity index (χ1v) is 6.42. The molecule has 2 aromatic carbocycles. The summed E-state index contributed by atoms with van der Waals surface area (Å²) >= 11 is 0. The Balaban J connectivity index is 1.95. The molecule has 7 heteroatoms. The number of phenolic OH excluding ortho intramolecular Hbond substituents is 1. The van der Waals surface area contributed by atoms with Gasteiger partial charge in [-0.05, 0) is 30.3 Å². The maximum atomic E-state index is 10.9. The van der Waals surface area contributed by atoms with Crippen LogP contribution in [0.15, 0.2) is 49.0 Å². The number of hydrogen-bond acceptors (Lipinski definition) is 5. The van der Waals surface area contributed by atoms with Crippen molar-refractivity contribution in [2.45, 2.75) is 0 Å². The monoisotopic (exact) mass is 296 g/mol. The lowest BCUT2D eigenvalue weighted by Gasteiger charge is -2.07. The number of phenols is 1. The van der Waals surface area contributed by atoms with Crippen molar-refractivity contribution in [1.82, 2.24) is 10.2 Å². The van der Waals surface area contributed by atoms with Crippen LogP contribution in [-0.2, 0) is 0 Å². The Morgan fingerprint density at radius 2 is 2.00 bits per heavy atom. The minimum atomic E-state index is -0.452. The van der Waals surface area contributed by atoms with E-state index in [0.717, 1.165) is 5.69 Å². The van der Waals surface area contributed by atoms with Crippen LogP contribution in [0.25, 0.3) is 16.6 Å². The topological polar surface area (TPSA) is 104 Å². The molecule has 0 aliphatic rings. The second-order valence-corrected chi connectivity index (χ2v) is 4.71. The lowest BCUT2D eigenvalue weighted by atomic mass is 10.1. The minimum Gasteiger partial charge on any atom is -0.508 e. The lowest BCUT2D eigenvalue weighted by molar-refractivity contribution is -0.384. The zero-order chi connectivity index (χ0) is 15.7. The molecule has 3 rings (SSSR count). The number of nitro groups is 1. The Morgan fingerprint density at radius 1 is 1.27 bits per heavy atom. The number of hydrogen-bond donors (Lipinski definition) is 3. The number of nitrogens with zero attached hydrogens (tertiary/aromatic N) is 2. The van der Waals surface area contributed by atoms with Gasteiger partial charge < -0.3 is 10.4 Å².